The third-order valence-corrected chi connectivity index (χ3v) is 3.12. The number of nitrogens with two attached hydrogens (primary N) is 3. The van der Waals surface area contributed by atoms with Crippen molar-refractivity contribution in [2.45, 2.75) is 12.5 Å². The quantitative estimate of drug-likeness (QED) is 0.734. The lowest BCUT2D eigenvalue weighted by molar-refractivity contribution is -0.119. The van der Waals surface area contributed by atoms with E-state index < -0.39 is 17.9 Å². The summed E-state index contributed by atoms with van der Waals surface area (Å²) >= 11 is 0. The molecule has 6 nitrogen and oxygen atoms in total. The van der Waals surface area contributed by atoms with Gasteiger partial charge in [0.1, 0.15) is 11.5 Å². The number of amides is 2. The highest BCUT2D eigenvalue weighted by molar-refractivity contribution is 5.92. The van der Waals surface area contributed by atoms with Crippen LogP contribution in [0, 0.1) is 0 Å². The molecule has 0 aromatic heterocycles. The molecule has 114 valence electrons. The van der Waals surface area contributed by atoms with Gasteiger partial charge in [0.2, 0.25) is 11.8 Å². The summed E-state index contributed by atoms with van der Waals surface area (Å²) in [6.45, 7) is 0. The summed E-state index contributed by atoms with van der Waals surface area (Å²) < 4.78 is 5.65. The van der Waals surface area contributed by atoms with E-state index in [2.05, 4.69) is 0 Å². The minimum atomic E-state index is -0.701. The number of hydrogen-bond donors (Lipinski definition) is 3. The number of rotatable bonds is 6. The van der Waals surface area contributed by atoms with Crippen molar-refractivity contribution in [1.29, 1.82) is 0 Å². The third-order valence-electron chi connectivity index (χ3n) is 3.12. The predicted octanol–water partition coefficient (Wildman–Crippen LogP) is 0.933. The largest absolute Gasteiger partial charge is 0.457 e. The van der Waals surface area contributed by atoms with Crippen molar-refractivity contribution in [2.24, 2.45) is 17.2 Å². The second-order valence-corrected chi connectivity index (χ2v) is 4.85. The molecule has 6 N–H and O–H groups in total. The van der Waals surface area contributed by atoms with Gasteiger partial charge in [-0.1, -0.05) is 12.1 Å². The van der Waals surface area contributed by atoms with Crippen LogP contribution in [0.15, 0.2) is 48.5 Å². The van der Waals surface area contributed by atoms with Gasteiger partial charge in [-0.3, -0.25) is 9.59 Å². The maximum Gasteiger partial charge on any atom is 0.248 e. The van der Waals surface area contributed by atoms with Gasteiger partial charge in [0.05, 0.1) is 6.04 Å². The fraction of sp³-hybridized carbons (Fsp3) is 0.125. The maximum absolute atomic E-state index is 11.0. The Balaban J connectivity index is 2.01. The van der Waals surface area contributed by atoms with E-state index in [1.165, 1.54) is 0 Å². The molecule has 1 unspecified atom stereocenters. The third kappa shape index (κ3) is 4.07. The topological polar surface area (TPSA) is 121 Å². The van der Waals surface area contributed by atoms with Gasteiger partial charge in [0, 0.05) is 5.56 Å². The first-order valence-corrected chi connectivity index (χ1v) is 6.67. The van der Waals surface area contributed by atoms with Crippen LogP contribution in [-0.2, 0) is 11.2 Å². The molecule has 0 saturated heterocycles. The summed E-state index contributed by atoms with van der Waals surface area (Å²) in [6, 6.07) is 13.0. The van der Waals surface area contributed by atoms with Gasteiger partial charge < -0.3 is 21.9 Å². The molecule has 22 heavy (non-hydrogen) atoms. The van der Waals surface area contributed by atoms with E-state index in [0.29, 0.717) is 23.5 Å². The first kappa shape index (κ1) is 15.5. The molecule has 0 radical (unpaired) electrons. The summed E-state index contributed by atoms with van der Waals surface area (Å²) in [5.41, 5.74) is 17.2. The van der Waals surface area contributed by atoms with Gasteiger partial charge >= 0.3 is 0 Å². The summed E-state index contributed by atoms with van der Waals surface area (Å²) in [4.78, 5) is 21.9. The molecule has 1 atom stereocenters. The highest BCUT2D eigenvalue weighted by Crippen LogP contribution is 2.22. The molecule has 2 aromatic rings. The lowest BCUT2D eigenvalue weighted by atomic mass is 10.1. The minimum Gasteiger partial charge on any atom is -0.457 e. The molecular formula is C16H17N3O3. The Kier molecular flexibility index (Phi) is 4.75. The molecule has 2 amide bonds. The standard InChI is InChI=1S/C16H17N3O3/c17-14(16(19)21)9-10-1-5-12(6-2-10)22-13-7-3-11(4-8-13)15(18)20/h1-8,14H,9,17H2,(H2,18,20)(H2,19,21). The molecule has 0 spiro atoms. The molecule has 0 aliphatic rings. The lowest BCUT2D eigenvalue weighted by Crippen LogP contribution is -2.38. The first-order valence-electron chi connectivity index (χ1n) is 6.67. The summed E-state index contributed by atoms with van der Waals surface area (Å²) in [5, 5.41) is 0. The zero-order chi connectivity index (χ0) is 16.1. The molecule has 0 aliphatic carbocycles. The van der Waals surface area contributed by atoms with Crippen molar-refractivity contribution in [1.82, 2.24) is 0 Å². The van der Waals surface area contributed by atoms with E-state index in [1.807, 2.05) is 12.1 Å². The molecule has 0 saturated carbocycles. The van der Waals surface area contributed by atoms with Crippen LogP contribution >= 0.6 is 0 Å². The van der Waals surface area contributed by atoms with Crippen molar-refractivity contribution < 1.29 is 14.3 Å². The summed E-state index contributed by atoms with van der Waals surface area (Å²) in [7, 11) is 0. The van der Waals surface area contributed by atoms with Crippen LogP contribution in [0.5, 0.6) is 11.5 Å². The van der Waals surface area contributed by atoms with Gasteiger partial charge in [-0.25, -0.2) is 0 Å². The fourth-order valence-electron chi connectivity index (χ4n) is 1.87. The Labute approximate surface area is 127 Å². The smallest absolute Gasteiger partial charge is 0.248 e. The van der Waals surface area contributed by atoms with E-state index in [0.717, 1.165) is 5.56 Å². The van der Waals surface area contributed by atoms with Crippen LogP contribution in [0.1, 0.15) is 15.9 Å². The lowest BCUT2D eigenvalue weighted by Gasteiger charge is -2.09. The van der Waals surface area contributed by atoms with E-state index in [1.54, 1.807) is 36.4 Å². The predicted molar refractivity (Wildman–Crippen MR) is 82.3 cm³/mol. The fourth-order valence-corrected chi connectivity index (χ4v) is 1.87. The van der Waals surface area contributed by atoms with Gasteiger partial charge in [0.15, 0.2) is 0 Å². The Bertz CT molecular complexity index is 666. The zero-order valence-corrected chi connectivity index (χ0v) is 11.9. The van der Waals surface area contributed by atoms with E-state index in [4.69, 9.17) is 21.9 Å². The summed E-state index contributed by atoms with van der Waals surface area (Å²) in [6.07, 6.45) is 0.378. The first-order chi connectivity index (χ1) is 10.5. The average Bonchev–Trinajstić information content (AvgIpc) is 2.49. The monoisotopic (exact) mass is 299 g/mol. The van der Waals surface area contributed by atoms with Crippen LogP contribution < -0.4 is 21.9 Å². The molecule has 0 aliphatic heterocycles. The van der Waals surface area contributed by atoms with Gasteiger partial charge in [0.25, 0.3) is 0 Å². The van der Waals surface area contributed by atoms with E-state index in [9.17, 15) is 9.59 Å². The molecule has 0 fully saturated rings. The number of primary amides is 2. The highest BCUT2D eigenvalue weighted by atomic mass is 16.5. The summed E-state index contributed by atoms with van der Waals surface area (Å²) in [5.74, 6) is 0.200. The molecule has 2 rings (SSSR count). The number of ether oxygens (including phenoxy) is 1. The van der Waals surface area contributed by atoms with Crippen LogP contribution in [0.3, 0.4) is 0 Å². The average molecular weight is 299 g/mol. The molecule has 0 heterocycles. The van der Waals surface area contributed by atoms with Crippen molar-refractivity contribution in [3.05, 3.63) is 59.7 Å². The Morgan fingerprint density at radius 1 is 0.909 bits per heavy atom. The second kappa shape index (κ2) is 6.73. The van der Waals surface area contributed by atoms with Crippen LogP contribution in [0.25, 0.3) is 0 Å². The van der Waals surface area contributed by atoms with Gasteiger partial charge in [-0.05, 0) is 48.4 Å². The number of benzene rings is 2. The number of carbonyl (C=O) groups is 2. The van der Waals surface area contributed by atoms with E-state index in [-0.39, 0.29) is 0 Å². The SMILES string of the molecule is NC(=O)c1ccc(Oc2ccc(CC(N)C(N)=O)cc2)cc1. The molecule has 6 heteroatoms. The van der Waals surface area contributed by atoms with Crippen molar-refractivity contribution in [2.75, 3.05) is 0 Å². The number of hydrogen-bond acceptors (Lipinski definition) is 4. The van der Waals surface area contributed by atoms with Crippen molar-refractivity contribution in [3.63, 3.8) is 0 Å². The molecular weight excluding hydrogens is 282 g/mol. The highest BCUT2D eigenvalue weighted by Gasteiger charge is 2.10. The number of carbonyl (C=O) groups excluding carboxylic acids is 2. The Hall–Kier alpha value is -2.86. The zero-order valence-electron chi connectivity index (χ0n) is 11.9. The van der Waals surface area contributed by atoms with Crippen molar-refractivity contribution >= 4 is 11.8 Å². The van der Waals surface area contributed by atoms with Crippen LogP contribution in [-0.4, -0.2) is 17.9 Å². The van der Waals surface area contributed by atoms with E-state index >= 15 is 0 Å². The Morgan fingerprint density at radius 2 is 1.41 bits per heavy atom. The van der Waals surface area contributed by atoms with Crippen molar-refractivity contribution in [3.8, 4) is 11.5 Å². The second-order valence-electron chi connectivity index (χ2n) is 4.85. The Morgan fingerprint density at radius 3 is 1.86 bits per heavy atom. The van der Waals surface area contributed by atoms with Gasteiger partial charge in [-0.15, -0.1) is 0 Å². The van der Waals surface area contributed by atoms with Crippen LogP contribution in [0.2, 0.25) is 0 Å². The van der Waals surface area contributed by atoms with Crippen LogP contribution in [0.4, 0.5) is 0 Å². The maximum atomic E-state index is 11.0. The molecule has 0 bridgehead atoms. The van der Waals surface area contributed by atoms with Gasteiger partial charge in [-0.2, -0.15) is 0 Å². The minimum absolute atomic E-state index is 0.378. The molecule has 2 aromatic carbocycles. The normalized spacial score (nSPS) is 11.7.